The highest BCUT2D eigenvalue weighted by atomic mass is 16.5. The summed E-state index contributed by atoms with van der Waals surface area (Å²) in [5.41, 5.74) is 1.69. The molecule has 0 amide bonds. The van der Waals surface area contributed by atoms with E-state index in [0.717, 1.165) is 11.3 Å². The average molecular weight is 202 g/mol. The molecule has 0 aliphatic rings. The molecule has 5 heteroatoms. The van der Waals surface area contributed by atoms with E-state index in [2.05, 4.69) is 19.9 Å². The average Bonchev–Trinajstić information content (AvgIpc) is 2.30. The number of nitrogens with zero attached hydrogens (tertiary/aromatic N) is 4. The molecule has 0 aliphatic heterocycles. The maximum atomic E-state index is 4.98. The Hall–Kier alpha value is -2.04. The largest absolute Gasteiger partial charge is 0.494 e. The van der Waals surface area contributed by atoms with E-state index in [1.807, 2.05) is 6.92 Å². The second kappa shape index (κ2) is 4.00. The fourth-order valence-electron chi connectivity index (χ4n) is 1.18. The van der Waals surface area contributed by atoms with E-state index in [1.165, 1.54) is 6.33 Å². The van der Waals surface area contributed by atoms with Crippen molar-refractivity contribution in [3.05, 3.63) is 30.5 Å². The molecule has 2 heterocycles. The molecule has 2 aromatic rings. The minimum absolute atomic E-state index is 0.579. The van der Waals surface area contributed by atoms with Crippen LogP contribution in [0.1, 0.15) is 5.56 Å². The molecule has 76 valence electrons. The van der Waals surface area contributed by atoms with E-state index in [-0.39, 0.29) is 0 Å². The van der Waals surface area contributed by atoms with E-state index in [1.54, 1.807) is 25.7 Å². The Morgan fingerprint density at radius 1 is 1.07 bits per heavy atom. The smallest absolute Gasteiger partial charge is 0.178 e. The lowest BCUT2D eigenvalue weighted by atomic mass is 10.2. The monoisotopic (exact) mass is 202 g/mol. The van der Waals surface area contributed by atoms with Crippen LogP contribution in [0.25, 0.3) is 11.5 Å². The van der Waals surface area contributed by atoms with Gasteiger partial charge in [-0.25, -0.2) is 19.9 Å². The Balaban J connectivity index is 2.42. The van der Waals surface area contributed by atoms with Crippen LogP contribution in [0, 0.1) is 6.92 Å². The van der Waals surface area contributed by atoms with Crippen LogP contribution in [-0.2, 0) is 0 Å². The van der Waals surface area contributed by atoms with Crippen molar-refractivity contribution in [2.75, 3.05) is 7.11 Å². The van der Waals surface area contributed by atoms with E-state index in [4.69, 9.17) is 4.74 Å². The number of hydrogen-bond acceptors (Lipinski definition) is 5. The number of aryl methyl sites for hydroxylation is 1. The normalized spacial score (nSPS) is 10.0. The second-order valence-corrected chi connectivity index (χ2v) is 3.00. The van der Waals surface area contributed by atoms with Crippen molar-refractivity contribution in [1.29, 1.82) is 0 Å². The highest BCUT2D eigenvalue weighted by Crippen LogP contribution is 2.16. The SMILES string of the molecule is COc1cnc(-c2ncncc2C)nc1. The number of methoxy groups -OCH3 is 1. The Morgan fingerprint density at radius 3 is 2.40 bits per heavy atom. The quantitative estimate of drug-likeness (QED) is 0.733. The van der Waals surface area contributed by atoms with Crippen LogP contribution >= 0.6 is 0 Å². The van der Waals surface area contributed by atoms with Gasteiger partial charge in [0, 0.05) is 6.20 Å². The molecule has 0 unspecified atom stereocenters. The summed E-state index contributed by atoms with van der Waals surface area (Å²) in [5.74, 6) is 1.21. The minimum atomic E-state index is 0.579. The van der Waals surface area contributed by atoms with Crippen molar-refractivity contribution >= 4 is 0 Å². The van der Waals surface area contributed by atoms with Gasteiger partial charge in [-0.2, -0.15) is 0 Å². The molecule has 2 aromatic heterocycles. The minimum Gasteiger partial charge on any atom is -0.494 e. The van der Waals surface area contributed by atoms with Gasteiger partial charge in [-0.15, -0.1) is 0 Å². The van der Waals surface area contributed by atoms with Crippen LogP contribution < -0.4 is 4.74 Å². The third kappa shape index (κ3) is 1.90. The zero-order valence-electron chi connectivity index (χ0n) is 8.51. The zero-order chi connectivity index (χ0) is 10.7. The molecule has 0 N–H and O–H groups in total. The van der Waals surface area contributed by atoms with Crippen molar-refractivity contribution in [3.63, 3.8) is 0 Å². The summed E-state index contributed by atoms with van der Waals surface area (Å²) in [6.07, 6.45) is 6.44. The first-order valence-electron chi connectivity index (χ1n) is 4.44. The van der Waals surface area contributed by atoms with Crippen molar-refractivity contribution in [3.8, 4) is 17.3 Å². The van der Waals surface area contributed by atoms with Crippen LogP contribution in [0.15, 0.2) is 24.9 Å². The molecule has 0 bridgehead atoms. The van der Waals surface area contributed by atoms with E-state index >= 15 is 0 Å². The molecule has 15 heavy (non-hydrogen) atoms. The molecule has 0 spiro atoms. The molecule has 0 radical (unpaired) electrons. The lowest BCUT2D eigenvalue weighted by Gasteiger charge is -2.02. The number of aromatic nitrogens is 4. The van der Waals surface area contributed by atoms with E-state index in [0.29, 0.717) is 11.6 Å². The van der Waals surface area contributed by atoms with Crippen molar-refractivity contribution < 1.29 is 4.74 Å². The fraction of sp³-hybridized carbons (Fsp3) is 0.200. The summed E-state index contributed by atoms with van der Waals surface area (Å²) >= 11 is 0. The Labute approximate surface area is 87.2 Å². The van der Waals surface area contributed by atoms with E-state index < -0.39 is 0 Å². The molecule has 2 rings (SSSR count). The summed E-state index contributed by atoms with van der Waals surface area (Å²) in [7, 11) is 1.58. The third-order valence-electron chi connectivity index (χ3n) is 1.97. The zero-order valence-corrected chi connectivity index (χ0v) is 8.51. The van der Waals surface area contributed by atoms with Gasteiger partial charge in [-0.1, -0.05) is 0 Å². The highest BCUT2D eigenvalue weighted by molar-refractivity contribution is 5.52. The van der Waals surface area contributed by atoms with Crippen LogP contribution in [-0.4, -0.2) is 27.0 Å². The summed E-state index contributed by atoms with van der Waals surface area (Å²) in [6.45, 7) is 1.92. The van der Waals surface area contributed by atoms with Gasteiger partial charge in [0.15, 0.2) is 11.6 Å². The molecule has 5 nitrogen and oxygen atoms in total. The van der Waals surface area contributed by atoms with Gasteiger partial charge in [-0.05, 0) is 12.5 Å². The lowest BCUT2D eigenvalue weighted by Crippen LogP contribution is -1.95. The number of rotatable bonds is 2. The number of ether oxygens (including phenoxy) is 1. The van der Waals surface area contributed by atoms with Gasteiger partial charge in [0.05, 0.1) is 19.5 Å². The van der Waals surface area contributed by atoms with Crippen molar-refractivity contribution in [2.45, 2.75) is 6.92 Å². The summed E-state index contributed by atoms with van der Waals surface area (Å²) < 4.78 is 4.98. The lowest BCUT2D eigenvalue weighted by molar-refractivity contribution is 0.411. The Bertz CT molecular complexity index is 455. The molecular weight excluding hydrogens is 192 g/mol. The molecule has 0 fully saturated rings. The van der Waals surface area contributed by atoms with Crippen molar-refractivity contribution in [1.82, 2.24) is 19.9 Å². The third-order valence-corrected chi connectivity index (χ3v) is 1.97. The first-order chi connectivity index (χ1) is 7.31. The van der Waals surface area contributed by atoms with Crippen LogP contribution in [0.2, 0.25) is 0 Å². The standard InChI is InChI=1S/C10H10N4O/c1-7-3-11-6-14-9(7)10-12-4-8(15-2)5-13-10/h3-6H,1-2H3. The number of hydrogen-bond donors (Lipinski definition) is 0. The van der Waals surface area contributed by atoms with Crippen LogP contribution in [0.3, 0.4) is 0 Å². The molecule has 0 saturated heterocycles. The van der Waals surface area contributed by atoms with E-state index in [9.17, 15) is 0 Å². The molecule has 0 aliphatic carbocycles. The predicted octanol–water partition coefficient (Wildman–Crippen LogP) is 1.25. The molecule has 0 atom stereocenters. The van der Waals surface area contributed by atoms with Gasteiger partial charge >= 0.3 is 0 Å². The summed E-state index contributed by atoms with van der Waals surface area (Å²) in [4.78, 5) is 16.3. The first kappa shape index (κ1) is 9.51. The second-order valence-electron chi connectivity index (χ2n) is 3.00. The van der Waals surface area contributed by atoms with Crippen LogP contribution in [0.5, 0.6) is 5.75 Å². The maximum absolute atomic E-state index is 4.98. The van der Waals surface area contributed by atoms with Gasteiger partial charge in [-0.3, -0.25) is 0 Å². The van der Waals surface area contributed by atoms with Gasteiger partial charge in [0.2, 0.25) is 0 Å². The van der Waals surface area contributed by atoms with Gasteiger partial charge < -0.3 is 4.74 Å². The summed E-state index contributed by atoms with van der Waals surface area (Å²) in [5, 5.41) is 0. The first-order valence-corrected chi connectivity index (χ1v) is 4.44. The molecule has 0 saturated carbocycles. The summed E-state index contributed by atoms with van der Waals surface area (Å²) in [6, 6.07) is 0. The molecule has 0 aromatic carbocycles. The maximum Gasteiger partial charge on any atom is 0.178 e. The Morgan fingerprint density at radius 2 is 1.80 bits per heavy atom. The van der Waals surface area contributed by atoms with Gasteiger partial charge in [0.25, 0.3) is 0 Å². The van der Waals surface area contributed by atoms with Crippen LogP contribution in [0.4, 0.5) is 0 Å². The van der Waals surface area contributed by atoms with Crippen molar-refractivity contribution in [2.24, 2.45) is 0 Å². The van der Waals surface area contributed by atoms with Gasteiger partial charge in [0.1, 0.15) is 12.0 Å². The highest BCUT2D eigenvalue weighted by Gasteiger charge is 2.05. The molecular formula is C10H10N4O. The topological polar surface area (TPSA) is 60.8 Å². The Kier molecular flexibility index (Phi) is 2.53. The predicted molar refractivity (Wildman–Crippen MR) is 54.3 cm³/mol. The fourth-order valence-corrected chi connectivity index (χ4v) is 1.18.